The lowest BCUT2D eigenvalue weighted by molar-refractivity contribution is -0.156. The van der Waals surface area contributed by atoms with Crippen LogP contribution in [-0.2, 0) is 9.53 Å². The van der Waals surface area contributed by atoms with Gasteiger partial charge in [-0.1, -0.05) is 0 Å². The zero-order chi connectivity index (χ0) is 22.0. The van der Waals surface area contributed by atoms with Gasteiger partial charge in [-0.05, 0) is 55.5 Å². The van der Waals surface area contributed by atoms with Crippen molar-refractivity contribution in [3.8, 4) is 5.69 Å². The van der Waals surface area contributed by atoms with Gasteiger partial charge in [0.15, 0.2) is 0 Å². The van der Waals surface area contributed by atoms with Crippen LogP contribution in [0.2, 0.25) is 0 Å². The molecule has 0 radical (unpaired) electrons. The second-order valence-corrected chi connectivity index (χ2v) is 9.62. The van der Waals surface area contributed by atoms with E-state index in [0.29, 0.717) is 37.3 Å². The molecule has 3 saturated heterocycles. The van der Waals surface area contributed by atoms with E-state index in [0.717, 1.165) is 24.5 Å². The molecule has 0 spiro atoms. The van der Waals surface area contributed by atoms with E-state index in [1.54, 1.807) is 16.8 Å². The van der Waals surface area contributed by atoms with Gasteiger partial charge in [-0.3, -0.25) is 4.79 Å². The van der Waals surface area contributed by atoms with Crippen LogP contribution in [0, 0.1) is 17.7 Å². The molecule has 6 rings (SSSR count). The summed E-state index contributed by atoms with van der Waals surface area (Å²) in [7, 11) is 0. The van der Waals surface area contributed by atoms with Crippen molar-refractivity contribution in [3.63, 3.8) is 0 Å². The van der Waals surface area contributed by atoms with E-state index < -0.39 is 5.60 Å². The Morgan fingerprint density at radius 1 is 1.16 bits per heavy atom. The summed E-state index contributed by atoms with van der Waals surface area (Å²) in [5.74, 6) is 0.856. The van der Waals surface area contributed by atoms with Crippen LogP contribution in [0.1, 0.15) is 25.0 Å². The number of piperidine rings is 2. The average Bonchev–Trinajstić information content (AvgIpc) is 3.13. The number of urea groups is 1. The minimum atomic E-state index is -0.397. The molecule has 3 amide bonds. The Morgan fingerprint density at radius 2 is 1.91 bits per heavy atom. The van der Waals surface area contributed by atoms with Gasteiger partial charge in [0.25, 0.3) is 0 Å². The zero-order valence-electron chi connectivity index (χ0n) is 17.9. The van der Waals surface area contributed by atoms with Gasteiger partial charge in [-0.25, -0.2) is 13.9 Å². The number of rotatable bonds is 2. The Balaban J connectivity index is 1.07. The lowest BCUT2D eigenvalue weighted by Gasteiger charge is -2.48. The molecule has 9 heteroatoms. The van der Waals surface area contributed by atoms with Crippen LogP contribution in [0.3, 0.4) is 0 Å². The minimum Gasteiger partial charge on any atom is -0.363 e. The predicted molar refractivity (Wildman–Crippen MR) is 113 cm³/mol. The first-order chi connectivity index (χ1) is 15.4. The van der Waals surface area contributed by atoms with E-state index in [9.17, 15) is 14.0 Å². The molecule has 1 aromatic heterocycles. The minimum absolute atomic E-state index is 0.0506. The maximum atomic E-state index is 13.2. The van der Waals surface area contributed by atoms with Gasteiger partial charge in [0.1, 0.15) is 12.4 Å². The topological polar surface area (TPSA) is 79.7 Å². The maximum absolute atomic E-state index is 13.2. The van der Waals surface area contributed by atoms with E-state index in [1.807, 2.05) is 29.0 Å². The van der Waals surface area contributed by atoms with Crippen LogP contribution in [0.25, 0.3) is 5.69 Å². The van der Waals surface area contributed by atoms with Crippen LogP contribution in [0.5, 0.6) is 0 Å². The van der Waals surface area contributed by atoms with Crippen LogP contribution in [0.15, 0.2) is 36.5 Å². The summed E-state index contributed by atoms with van der Waals surface area (Å²) < 4.78 is 20.7. The number of amides is 3. The molecule has 0 bridgehead atoms. The number of carbonyl (C=O) groups excluding carboxylic acids is 2. The van der Waals surface area contributed by atoms with Crippen molar-refractivity contribution in [2.75, 3.05) is 32.8 Å². The van der Waals surface area contributed by atoms with Gasteiger partial charge in [0.2, 0.25) is 5.91 Å². The second-order valence-electron chi connectivity index (χ2n) is 9.62. The largest absolute Gasteiger partial charge is 0.363 e. The summed E-state index contributed by atoms with van der Waals surface area (Å²) in [6, 6.07) is 8.19. The standard InChI is InChI=1S/C23H26FN5O3/c1-23-7-9-27(12-19(23)25-20(30)13-32-23)22(31)28-10-16-17(11-28)21(16)18-6-8-29(26-18)15-4-2-14(24)3-5-15/h2-6,8,16-17,19,21H,7,9-13H2,1H3,(H,25,30)/t16-,17+,19-,21?,23+/m1/s1. The van der Waals surface area contributed by atoms with E-state index in [2.05, 4.69) is 5.32 Å². The molecule has 4 aliphatic rings. The van der Waals surface area contributed by atoms with Crippen LogP contribution in [0.4, 0.5) is 9.18 Å². The third kappa shape index (κ3) is 3.18. The van der Waals surface area contributed by atoms with E-state index in [4.69, 9.17) is 9.84 Å². The molecule has 1 N–H and O–H groups in total. The van der Waals surface area contributed by atoms with Gasteiger partial charge >= 0.3 is 6.03 Å². The maximum Gasteiger partial charge on any atom is 0.320 e. The molecule has 32 heavy (non-hydrogen) atoms. The molecule has 2 aromatic rings. The predicted octanol–water partition coefficient (Wildman–Crippen LogP) is 1.76. The van der Waals surface area contributed by atoms with E-state index in [-0.39, 0.29) is 30.4 Å². The van der Waals surface area contributed by atoms with Crippen molar-refractivity contribution in [2.24, 2.45) is 11.8 Å². The lowest BCUT2D eigenvalue weighted by atomic mass is 9.87. The Morgan fingerprint density at radius 3 is 2.66 bits per heavy atom. The summed E-state index contributed by atoms with van der Waals surface area (Å²) in [5, 5.41) is 7.69. The molecule has 3 aliphatic heterocycles. The monoisotopic (exact) mass is 439 g/mol. The molecule has 1 aliphatic carbocycles. The number of morpholine rings is 1. The number of likely N-dealkylation sites (tertiary alicyclic amines) is 2. The summed E-state index contributed by atoms with van der Waals surface area (Å²) >= 11 is 0. The molecule has 4 fully saturated rings. The number of benzene rings is 1. The average molecular weight is 439 g/mol. The lowest BCUT2D eigenvalue weighted by Crippen LogP contribution is -2.67. The molecular weight excluding hydrogens is 413 g/mol. The summed E-state index contributed by atoms with van der Waals surface area (Å²) in [4.78, 5) is 28.7. The van der Waals surface area contributed by atoms with Crippen molar-refractivity contribution >= 4 is 11.9 Å². The zero-order valence-corrected chi connectivity index (χ0v) is 17.9. The van der Waals surface area contributed by atoms with E-state index in [1.165, 1.54) is 12.1 Å². The Bertz CT molecular complexity index is 1060. The van der Waals surface area contributed by atoms with Crippen molar-refractivity contribution in [3.05, 3.63) is 48.0 Å². The summed E-state index contributed by atoms with van der Waals surface area (Å²) in [6.07, 6.45) is 2.62. The quantitative estimate of drug-likeness (QED) is 0.774. The smallest absolute Gasteiger partial charge is 0.320 e. The molecule has 4 heterocycles. The first-order valence-corrected chi connectivity index (χ1v) is 11.2. The first kappa shape index (κ1) is 19.7. The molecule has 168 valence electrons. The number of nitrogens with zero attached hydrogens (tertiary/aromatic N) is 4. The Hall–Kier alpha value is -2.94. The highest BCUT2D eigenvalue weighted by atomic mass is 19.1. The van der Waals surface area contributed by atoms with Crippen molar-refractivity contribution in [2.45, 2.75) is 30.9 Å². The van der Waals surface area contributed by atoms with Crippen LogP contribution < -0.4 is 5.32 Å². The number of ether oxygens (including phenoxy) is 1. The van der Waals surface area contributed by atoms with Gasteiger partial charge in [0.05, 0.1) is 23.0 Å². The summed E-state index contributed by atoms with van der Waals surface area (Å²) in [5.41, 5.74) is 1.47. The van der Waals surface area contributed by atoms with Crippen LogP contribution >= 0.6 is 0 Å². The number of nitrogens with one attached hydrogen (secondary N) is 1. The van der Waals surface area contributed by atoms with Crippen molar-refractivity contribution < 1.29 is 18.7 Å². The summed E-state index contributed by atoms with van der Waals surface area (Å²) in [6.45, 7) is 4.70. The van der Waals surface area contributed by atoms with Crippen LogP contribution in [-0.4, -0.2) is 75.9 Å². The molecule has 1 aromatic carbocycles. The molecule has 1 unspecified atom stereocenters. The molecule has 1 saturated carbocycles. The second kappa shape index (κ2) is 7.03. The molecule has 5 atom stereocenters. The molecular formula is C23H26FN5O3. The number of fused-ring (bicyclic) bond motifs is 2. The third-order valence-corrected chi connectivity index (χ3v) is 7.66. The highest BCUT2D eigenvalue weighted by Crippen LogP contribution is 2.57. The number of halogens is 1. The Kier molecular flexibility index (Phi) is 4.33. The number of aromatic nitrogens is 2. The van der Waals surface area contributed by atoms with E-state index >= 15 is 0 Å². The first-order valence-electron chi connectivity index (χ1n) is 11.2. The Labute approximate surface area is 185 Å². The van der Waals surface area contributed by atoms with Crippen molar-refractivity contribution in [1.29, 1.82) is 0 Å². The number of hydrogen-bond donors (Lipinski definition) is 1. The van der Waals surface area contributed by atoms with Gasteiger partial charge in [-0.2, -0.15) is 5.10 Å². The van der Waals surface area contributed by atoms with Gasteiger partial charge in [0, 0.05) is 38.3 Å². The fourth-order valence-electron chi connectivity index (χ4n) is 5.62. The molecule has 8 nitrogen and oxygen atoms in total. The SMILES string of the molecule is C[C@]12CCN(C(=O)N3C[C@@H]4C(c5ccn(-c6ccc(F)cc6)n5)[C@@H]4C3)C[C@H]1NC(=O)CO2. The number of carbonyl (C=O) groups is 2. The highest BCUT2D eigenvalue weighted by Gasteiger charge is 2.59. The third-order valence-electron chi connectivity index (χ3n) is 7.66. The fraction of sp³-hybridized carbons (Fsp3) is 0.522. The van der Waals surface area contributed by atoms with Crippen molar-refractivity contribution in [1.82, 2.24) is 24.9 Å². The van der Waals surface area contributed by atoms with Gasteiger partial charge < -0.3 is 19.9 Å². The normalized spacial score (nSPS) is 33.5. The fourth-order valence-corrected chi connectivity index (χ4v) is 5.62. The number of hydrogen-bond acceptors (Lipinski definition) is 4. The highest BCUT2D eigenvalue weighted by molar-refractivity contribution is 5.79. The van der Waals surface area contributed by atoms with Gasteiger partial charge in [-0.15, -0.1) is 0 Å².